The van der Waals surface area contributed by atoms with E-state index in [1.807, 2.05) is 37.3 Å². The van der Waals surface area contributed by atoms with Gasteiger partial charge in [0.1, 0.15) is 0 Å². The summed E-state index contributed by atoms with van der Waals surface area (Å²) in [6, 6.07) is 22.8. The summed E-state index contributed by atoms with van der Waals surface area (Å²) in [4.78, 5) is 32.0. The summed E-state index contributed by atoms with van der Waals surface area (Å²) >= 11 is 0. The normalized spacial score (nSPS) is 24.6. The number of nitrogens with zero attached hydrogens (tertiary/aromatic N) is 2. The van der Waals surface area contributed by atoms with E-state index in [1.165, 1.54) is 38.5 Å². The van der Waals surface area contributed by atoms with Gasteiger partial charge < -0.3 is 15.1 Å². The monoisotopic (exact) mass is 738 g/mol. The van der Waals surface area contributed by atoms with E-state index in [-0.39, 0.29) is 22.9 Å². The van der Waals surface area contributed by atoms with Gasteiger partial charge in [0.15, 0.2) is 0 Å². The standard InChI is InChI=1S/C44H58N4O4S/c1-30-25-38(19-20-40(30)45-29-33-13-9-6-10-14-33)53(51,52)46-43(50)34-15-17-36(18-16-34)47-23-21-37(22-24-47)48(42(49)26-32-11-7-5-8-12-32)41-28-35-27-39(31(41)2)44(35,3)4/h5,7-8,11-12,15-20,25,31,33,35,37,39,41,45H,6,9-10,13-14,21-24,26-29H2,1-4H3,(H,46,50)/t31-,35+,39-,41-/m0/s1. The zero-order valence-corrected chi connectivity index (χ0v) is 32.8. The predicted molar refractivity (Wildman–Crippen MR) is 213 cm³/mol. The maximum Gasteiger partial charge on any atom is 0.264 e. The maximum absolute atomic E-state index is 14.1. The van der Waals surface area contributed by atoms with Crippen molar-refractivity contribution in [3.05, 3.63) is 89.5 Å². The second-order valence-corrected chi connectivity index (χ2v) is 18.7. The smallest absolute Gasteiger partial charge is 0.264 e. The van der Waals surface area contributed by atoms with Crippen molar-refractivity contribution in [2.75, 3.05) is 29.9 Å². The number of aryl methyl sites for hydroxylation is 1. The topological polar surface area (TPSA) is 98.8 Å². The van der Waals surface area contributed by atoms with Crippen LogP contribution >= 0.6 is 0 Å². The third kappa shape index (κ3) is 8.01. The molecule has 2 bridgehead atoms. The highest BCUT2D eigenvalue weighted by Gasteiger charge is 2.58. The van der Waals surface area contributed by atoms with E-state index in [1.54, 1.807) is 30.3 Å². The number of hydrogen-bond donors (Lipinski definition) is 2. The quantitative estimate of drug-likeness (QED) is 0.206. The number of sulfonamides is 1. The van der Waals surface area contributed by atoms with Crippen molar-refractivity contribution in [3.8, 4) is 0 Å². The first-order valence-corrected chi connectivity index (χ1v) is 21.5. The summed E-state index contributed by atoms with van der Waals surface area (Å²) < 4.78 is 28.7. The molecule has 4 aliphatic carbocycles. The highest BCUT2D eigenvalue weighted by Crippen LogP contribution is 2.62. The molecular weight excluding hydrogens is 681 g/mol. The van der Waals surface area contributed by atoms with Gasteiger partial charge in [-0.25, -0.2) is 13.1 Å². The molecule has 2 N–H and O–H groups in total. The number of rotatable bonds is 11. The van der Waals surface area contributed by atoms with Gasteiger partial charge in [0.25, 0.3) is 15.9 Å². The van der Waals surface area contributed by atoms with E-state index in [9.17, 15) is 18.0 Å². The van der Waals surface area contributed by atoms with Crippen LogP contribution in [0, 0.1) is 36.0 Å². The van der Waals surface area contributed by atoms with E-state index in [2.05, 4.69) is 52.7 Å². The number of carbonyl (C=O) groups excluding carboxylic acids is 2. The lowest BCUT2D eigenvalue weighted by Gasteiger charge is -2.64. The minimum absolute atomic E-state index is 0.0747. The molecular formula is C44H58N4O4S. The SMILES string of the molecule is Cc1cc(S(=O)(=O)NC(=O)c2ccc(N3CCC(N(C(=O)Cc4ccccc4)[C@H]4C[C@H]5C[C@@H]([C@@H]4C)C5(C)C)CC3)cc2)ccc1NCC1CCCCC1. The number of fused-ring (bicyclic) bond motifs is 2. The molecule has 0 radical (unpaired) electrons. The lowest BCUT2D eigenvalue weighted by Crippen LogP contribution is -2.64. The van der Waals surface area contributed by atoms with Gasteiger partial charge in [0.2, 0.25) is 5.91 Å². The first-order chi connectivity index (χ1) is 25.4. The minimum atomic E-state index is -4.05. The highest BCUT2D eigenvalue weighted by molar-refractivity contribution is 7.90. The third-order valence-corrected chi connectivity index (χ3v) is 14.9. The molecule has 5 aliphatic rings. The molecule has 4 atom stereocenters. The molecule has 284 valence electrons. The Balaban J connectivity index is 0.962. The van der Waals surface area contributed by atoms with Crippen molar-refractivity contribution in [3.63, 3.8) is 0 Å². The Morgan fingerprint density at radius 3 is 2.23 bits per heavy atom. The summed E-state index contributed by atoms with van der Waals surface area (Å²) in [6.07, 6.45) is 10.9. The zero-order valence-electron chi connectivity index (χ0n) is 32.0. The number of carbonyl (C=O) groups is 2. The van der Waals surface area contributed by atoms with Gasteiger partial charge in [0, 0.05) is 48.7 Å². The number of anilines is 2. The van der Waals surface area contributed by atoms with Gasteiger partial charge in [-0.2, -0.15) is 0 Å². The molecule has 8 nitrogen and oxygen atoms in total. The summed E-state index contributed by atoms with van der Waals surface area (Å²) in [5, 5.41) is 3.50. The van der Waals surface area contributed by atoms with E-state index >= 15 is 0 Å². The molecule has 0 spiro atoms. The van der Waals surface area contributed by atoms with Gasteiger partial charge in [-0.05, 0) is 128 Å². The molecule has 1 saturated heterocycles. The molecule has 1 aliphatic heterocycles. The van der Waals surface area contributed by atoms with Crippen molar-refractivity contribution < 1.29 is 18.0 Å². The van der Waals surface area contributed by atoms with Crippen molar-refractivity contribution in [2.45, 2.75) is 109 Å². The lowest BCUT2D eigenvalue weighted by molar-refractivity contribution is -0.163. The van der Waals surface area contributed by atoms with Crippen LogP contribution in [0.1, 0.15) is 100 Å². The van der Waals surface area contributed by atoms with Gasteiger partial charge in [0.05, 0.1) is 11.3 Å². The zero-order chi connectivity index (χ0) is 37.3. The fourth-order valence-corrected chi connectivity index (χ4v) is 11.2. The second-order valence-electron chi connectivity index (χ2n) is 17.0. The molecule has 5 fully saturated rings. The van der Waals surface area contributed by atoms with Gasteiger partial charge >= 0.3 is 0 Å². The van der Waals surface area contributed by atoms with Crippen LogP contribution in [0.25, 0.3) is 0 Å². The molecule has 0 unspecified atom stereocenters. The Morgan fingerprint density at radius 1 is 0.887 bits per heavy atom. The fraction of sp³-hybridized carbons (Fsp3) is 0.545. The largest absolute Gasteiger partial charge is 0.385 e. The van der Waals surface area contributed by atoms with E-state index in [0.29, 0.717) is 41.1 Å². The van der Waals surface area contributed by atoms with Crippen LogP contribution in [0.2, 0.25) is 0 Å². The van der Waals surface area contributed by atoms with Gasteiger partial charge in [-0.3, -0.25) is 9.59 Å². The first-order valence-electron chi connectivity index (χ1n) is 20.0. The Labute approximate surface area is 317 Å². The third-order valence-electron chi connectivity index (χ3n) is 13.6. The summed E-state index contributed by atoms with van der Waals surface area (Å²) in [7, 11) is -4.05. The number of hydrogen-bond acceptors (Lipinski definition) is 6. The fourth-order valence-electron chi connectivity index (χ4n) is 10.1. The molecule has 2 amide bonds. The van der Waals surface area contributed by atoms with Crippen LogP contribution in [0.3, 0.4) is 0 Å². The van der Waals surface area contributed by atoms with E-state index < -0.39 is 15.9 Å². The van der Waals surface area contributed by atoms with Crippen LogP contribution in [0.5, 0.6) is 0 Å². The Hall–Kier alpha value is -3.85. The maximum atomic E-state index is 14.1. The summed E-state index contributed by atoms with van der Waals surface area (Å²) in [5.41, 5.74) is 4.47. The van der Waals surface area contributed by atoms with Crippen LogP contribution in [-0.4, -0.2) is 56.9 Å². The highest BCUT2D eigenvalue weighted by atomic mass is 32.2. The van der Waals surface area contributed by atoms with Gasteiger partial charge in [-0.15, -0.1) is 0 Å². The van der Waals surface area contributed by atoms with Crippen LogP contribution in [-0.2, 0) is 21.2 Å². The summed E-state index contributed by atoms with van der Waals surface area (Å²) in [5.74, 6) is 2.06. The number of piperidine rings is 1. The Kier molecular flexibility index (Phi) is 10.9. The van der Waals surface area contributed by atoms with Crippen molar-refractivity contribution in [2.24, 2.45) is 29.1 Å². The van der Waals surface area contributed by atoms with Gasteiger partial charge in [-0.1, -0.05) is 70.4 Å². The summed E-state index contributed by atoms with van der Waals surface area (Å²) in [6.45, 7) is 11.6. The van der Waals surface area contributed by atoms with Crippen LogP contribution < -0.4 is 14.9 Å². The Bertz CT molecular complexity index is 1860. The molecule has 0 aromatic heterocycles. The van der Waals surface area contributed by atoms with E-state index in [4.69, 9.17) is 0 Å². The van der Waals surface area contributed by atoms with Crippen molar-refractivity contribution >= 4 is 33.2 Å². The van der Waals surface area contributed by atoms with Crippen LogP contribution in [0.15, 0.2) is 77.7 Å². The average Bonchev–Trinajstić information content (AvgIpc) is 3.16. The molecule has 3 aromatic carbocycles. The Morgan fingerprint density at radius 2 is 1.58 bits per heavy atom. The number of amides is 2. The molecule has 8 rings (SSSR count). The molecule has 1 heterocycles. The average molecular weight is 739 g/mol. The predicted octanol–water partition coefficient (Wildman–Crippen LogP) is 8.22. The number of benzene rings is 3. The molecule has 9 heteroatoms. The molecule has 4 saturated carbocycles. The second kappa shape index (κ2) is 15.5. The lowest BCUT2D eigenvalue weighted by atomic mass is 9.44. The molecule has 3 aromatic rings. The number of nitrogens with one attached hydrogen (secondary N) is 2. The van der Waals surface area contributed by atoms with Crippen LogP contribution in [0.4, 0.5) is 11.4 Å². The first kappa shape index (κ1) is 37.5. The van der Waals surface area contributed by atoms with E-state index in [0.717, 1.165) is 61.4 Å². The van der Waals surface area contributed by atoms with Crippen molar-refractivity contribution in [1.29, 1.82) is 0 Å². The minimum Gasteiger partial charge on any atom is -0.385 e. The van der Waals surface area contributed by atoms with Crippen molar-refractivity contribution in [1.82, 2.24) is 9.62 Å². The molecule has 53 heavy (non-hydrogen) atoms.